The predicted molar refractivity (Wildman–Crippen MR) is 64.4 cm³/mol. The van der Waals surface area contributed by atoms with E-state index in [1.807, 2.05) is 45.2 Å². The van der Waals surface area contributed by atoms with Crippen LogP contribution in [0.15, 0.2) is 24.3 Å². The van der Waals surface area contributed by atoms with Crippen LogP contribution in [-0.2, 0) is 13.5 Å². The number of aromatic hydroxyl groups is 1. The summed E-state index contributed by atoms with van der Waals surface area (Å²) in [6.45, 7) is 4.03. The molecule has 1 heterocycles. The van der Waals surface area contributed by atoms with Crippen molar-refractivity contribution in [2.45, 2.75) is 20.3 Å². The van der Waals surface area contributed by atoms with Crippen molar-refractivity contribution in [3.63, 3.8) is 0 Å². The maximum absolute atomic E-state index is 10.0. The molecule has 0 radical (unpaired) electrons. The number of nitrogens with zero attached hydrogens (tertiary/aromatic N) is 2. The van der Waals surface area contributed by atoms with Gasteiger partial charge in [0, 0.05) is 12.6 Å². The van der Waals surface area contributed by atoms with Crippen LogP contribution in [0.3, 0.4) is 0 Å². The number of aryl methyl sites for hydroxylation is 3. The first-order chi connectivity index (χ1) is 7.63. The van der Waals surface area contributed by atoms with Crippen molar-refractivity contribution in [1.29, 1.82) is 0 Å². The van der Waals surface area contributed by atoms with Gasteiger partial charge in [-0.1, -0.05) is 36.8 Å². The van der Waals surface area contributed by atoms with Gasteiger partial charge in [-0.15, -0.1) is 0 Å². The summed E-state index contributed by atoms with van der Waals surface area (Å²) in [6, 6.07) is 8.08. The Balaban J connectivity index is 2.55. The van der Waals surface area contributed by atoms with Gasteiger partial charge in [0.05, 0.1) is 0 Å². The highest BCUT2D eigenvalue weighted by Gasteiger charge is 2.14. The molecule has 0 saturated heterocycles. The summed E-state index contributed by atoms with van der Waals surface area (Å²) < 4.78 is 1.73. The first-order valence-electron chi connectivity index (χ1n) is 5.45. The average Bonchev–Trinajstić information content (AvgIpc) is 2.56. The Labute approximate surface area is 95.3 Å². The maximum Gasteiger partial charge on any atom is 0.164 e. The molecule has 0 aliphatic rings. The second-order valence-corrected chi connectivity index (χ2v) is 3.99. The van der Waals surface area contributed by atoms with Crippen LogP contribution in [0.5, 0.6) is 5.75 Å². The lowest BCUT2D eigenvalue weighted by molar-refractivity contribution is 0.470. The molecule has 3 heteroatoms. The molecule has 1 aromatic heterocycles. The van der Waals surface area contributed by atoms with Gasteiger partial charge in [0.2, 0.25) is 0 Å². The lowest BCUT2D eigenvalue weighted by Gasteiger charge is -2.03. The molecule has 0 fully saturated rings. The summed E-state index contributed by atoms with van der Waals surface area (Å²) in [5.41, 5.74) is 3.74. The molecule has 0 saturated carbocycles. The van der Waals surface area contributed by atoms with Crippen LogP contribution in [0.25, 0.3) is 11.3 Å². The smallest absolute Gasteiger partial charge is 0.164 e. The summed E-state index contributed by atoms with van der Waals surface area (Å²) in [7, 11) is 1.86. The fourth-order valence-corrected chi connectivity index (χ4v) is 1.84. The molecule has 3 nitrogen and oxygen atoms in total. The summed E-state index contributed by atoms with van der Waals surface area (Å²) >= 11 is 0. The fraction of sp³-hybridized carbons (Fsp3) is 0.308. The second-order valence-electron chi connectivity index (χ2n) is 3.99. The monoisotopic (exact) mass is 216 g/mol. The van der Waals surface area contributed by atoms with E-state index in [9.17, 15) is 5.11 Å². The van der Waals surface area contributed by atoms with Crippen LogP contribution in [-0.4, -0.2) is 14.9 Å². The standard InChI is InChI=1S/C13H16N2O/c1-4-11-13(16)12(15(3)14-11)10-7-5-9(2)6-8-10/h5-8,16H,4H2,1-3H3. The molecule has 0 amide bonds. The quantitative estimate of drug-likeness (QED) is 0.838. The van der Waals surface area contributed by atoms with E-state index in [1.165, 1.54) is 5.56 Å². The van der Waals surface area contributed by atoms with Gasteiger partial charge in [-0.3, -0.25) is 4.68 Å². The van der Waals surface area contributed by atoms with Gasteiger partial charge in [0.1, 0.15) is 11.4 Å². The van der Waals surface area contributed by atoms with Crippen LogP contribution in [0, 0.1) is 6.92 Å². The molecule has 84 valence electrons. The van der Waals surface area contributed by atoms with Crippen LogP contribution in [0.1, 0.15) is 18.2 Å². The average molecular weight is 216 g/mol. The third-order valence-corrected chi connectivity index (χ3v) is 2.75. The summed E-state index contributed by atoms with van der Waals surface area (Å²) in [4.78, 5) is 0. The lowest BCUT2D eigenvalue weighted by Crippen LogP contribution is -1.94. The summed E-state index contributed by atoms with van der Waals surface area (Å²) in [6.07, 6.45) is 0.742. The van der Waals surface area contributed by atoms with Crippen molar-refractivity contribution >= 4 is 0 Å². The molecule has 0 aliphatic heterocycles. The van der Waals surface area contributed by atoms with Crippen molar-refractivity contribution in [2.75, 3.05) is 0 Å². The number of hydrogen-bond donors (Lipinski definition) is 1. The normalized spacial score (nSPS) is 10.7. The third-order valence-electron chi connectivity index (χ3n) is 2.75. The highest BCUT2D eigenvalue weighted by molar-refractivity contribution is 5.67. The zero-order valence-corrected chi connectivity index (χ0v) is 9.86. The first kappa shape index (κ1) is 10.7. The highest BCUT2D eigenvalue weighted by Crippen LogP contribution is 2.31. The van der Waals surface area contributed by atoms with Gasteiger partial charge in [-0.2, -0.15) is 5.10 Å². The van der Waals surface area contributed by atoms with E-state index in [-0.39, 0.29) is 0 Å². The van der Waals surface area contributed by atoms with Crippen molar-refractivity contribution in [3.05, 3.63) is 35.5 Å². The van der Waals surface area contributed by atoms with Crippen LogP contribution in [0.4, 0.5) is 0 Å². The Morgan fingerprint density at radius 1 is 1.25 bits per heavy atom. The molecule has 0 unspecified atom stereocenters. The second kappa shape index (κ2) is 4.00. The SMILES string of the molecule is CCc1nn(C)c(-c2ccc(C)cc2)c1O. The molecule has 0 aliphatic carbocycles. The first-order valence-corrected chi connectivity index (χ1v) is 5.45. The van der Waals surface area contributed by atoms with E-state index in [0.29, 0.717) is 5.75 Å². The number of rotatable bonds is 2. The van der Waals surface area contributed by atoms with Gasteiger partial charge in [0.15, 0.2) is 5.75 Å². The van der Waals surface area contributed by atoms with Crippen molar-refractivity contribution in [3.8, 4) is 17.0 Å². The third kappa shape index (κ3) is 1.69. The van der Waals surface area contributed by atoms with Gasteiger partial charge < -0.3 is 5.11 Å². The molecule has 2 rings (SSSR count). The molecule has 1 N–H and O–H groups in total. The summed E-state index contributed by atoms with van der Waals surface area (Å²) in [5.74, 6) is 0.300. The van der Waals surface area contributed by atoms with E-state index in [2.05, 4.69) is 5.10 Å². The fourth-order valence-electron chi connectivity index (χ4n) is 1.84. The Hall–Kier alpha value is -1.77. The van der Waals surface area contributed by atoms with Crippen LogP contribution >= 0.6 is 0 Å². The van der Waals surface area contributed by atoms with Gasteiger partial charge in [-0.25, -0.2) is 0 Å². The minimum absolute atomic E-state index is 0.300. The minimum Gasteiger partial charge on any atom is -0.504 e. The Bertz CT molecular complexity index is 497. The van der Waals surface area contributed by atoms with Gasteiger partial charge in [-0.05, 0) is 13.3 Å². The zero-order chi connectivity index (χ0) is 11.7. The summed E-state index contributed by atoms with van der Waals surface area (Å²) in [5, 5.41) is 14.3. The van der Waals surface area contributed by atoms with E-state index in [1.54, 1.807) is 4.68 Å². The Kier molecular flexibility index (Phi) is 2.69. The maximum atomic E-state index is 10.0. The molecule has 1 aromatic carbocycles. The van der Waals surface area contributed by atoms with Crippen molar-refractivity contribution in [2.24, 2.45) is 7.05 Å². The predicted octanol–water partition coefficient (Wildman–Crippen LogP) is 2.66. The van der Waals surface area contributed by atoms with E-state index in [0.717, 1.165) is 23.4 Å². The van der Waals surface area contributed by atoms with Gasteiger partial charge in [0.25, 0.3) is 0 Å². The largest absolute Gasteiger partial charge is 0.504 e. The van der Waals surface area contributed by atoms with E-state index < -0.39 is 0 Å². The van der Waals surface area contributed by atoms with Crippen LogP contribution in [0.2, 0.25) is 0 Å². The van der Waals surface area contributed by atoms with Crippen LogP contribution < -0.4 is 0 Å². The zero-order valence-electron chi connectivity index (χ0n) is 9.86. The topological polar surface area (TPSA) is 38.0 Å². The van der Waals surface area contributed by atoms with E-state index >= 15 is 0 Å². The Morgan fingerprint density at radius 2 is 1.88 bits per heavy atom. The highest BCUT2D eigenvalue weighted by atomic mass is 16.3. The molecule has 0 bridgehead atoms. The Morgan fingerprint density at radius 3 is 2.38 bits per heavy atom. The molecular formula is C13H16N2O. The lowest BCUT2D eigenvalue weighted by atomic mass is 10.1. The number of aromatic nitrogens is 2. The van der Waals surface area contributed by atoms with Gasteiger partial charge >= 0.3 is 0 Å². The molecule has 0 spiro atoms. The van der Waals surface area contributed by atoms with Crippen molar-refractivity contribution < 1.29 is 5.11 Å². The minimum atomic E-state index is 0.300. The van der Waals surface area contributed by atoms with Crippen molar-refractivity contribution in [1.82, 2.24) is 9.78 Å². The molecule has 2 aromatic rings. The number of hydrogen-bond acceptors (Lipinski definition) is 2. The molecule has 0 atom stereocenters. The number of benzene rings is 1. The molecule has 16 heavy (non-hydrogen) atoms. The molecular weight excluding hydrogens is 200 g/mol. The van der Waals surface area contributed by atoms with E-state index in [4.69, 9.17) is 0 Å².